The molecule has 1 rings (SSSR count). The van der Waals surface area contributed by atoms with Crippen molar-refractivity contribution in [3.05, 3.63) is 11.1 Å². The molecule has 8 heteroatoms. The van der Waals surface area contributed by atoms with E-state index >= 15 is 0 Å². The van der Waals surface area contributed by atoms with Crippen LogP contribution in [-0.4, -0.2) is 35.5 Å². The first-order valence-electron chi connectivity index (χ1n) is 5.91. The first-order chi connectivity index (χ1) is 8.60. The van der Waals surface area contributed by atoms with Crippen molar-refractivity contribution >= 4 is 32.5 Å². The van der Waals surface area contributed by atoms with Crippen LogP contribution in [0.3, 0.4) is 0 Å². The number of hydrogen-bond donors (Lipinski definition) is 1. The molecule has 0 aromatic carbocycles. The predicted molar refractivity (Wildman–Crippen MR) is 79.4 cm³/mol. The molecule has 110 valence electrons. The van der Waals surface area contributed by atoms with E-state index in [-0.39, 0.29) is 9.09 Å². The van der Waals surface area contributed by atoms with Gasteiger partial charge >= 0.3 is 0 Å². The highest BCUT2D eigenvalue weighted by atomic mass is 32.2. The lowest BCUT2D eigenvalue weighted by atomic mass is 10.3. The first kappa shape index (κ1) is 16.9. The number of thiazole rings is 1. The number of aromatic nitrogens is 1. The number of nitrogens with zero attached hydrogens (tertiary/aromatic N) is 1. The Morgan fingerprint density at radius 2 is 2.11 bits per heavy atom. The van der Waals surface area contributed by atoms with Crippen LogP contribution in [-0.2, 0) is 27.6 Å². The summed E-state index contributed by atoms with van der Waals surface area (Å²) < 4.78 is 37.1. The zero-order chi connectivity index (χ0) is 14.7. The molecule has 0 spiro atoms. The maximum absolute atomic E-state index is 11.7. The van der Waals surface area contributed by atoms with Crippen LogP contribution >= 0.6 is 11.3 Å². The fraction of sp³-hybridized carbons (Fsp3) is 0.727. The van der Waals surface area contributed by atoms with E-state index in [0.29, 0.717) is 6.54 Å². The minimum atomic E-state index is -3.20. The van der Waals surface area contributed by atoms with Crippen LogP contribution in [0.5, 0.6) is 0 Å². The van der Waals surface area contributed by atoms with E-state index in [0.717, 1.165) is 24.0 Å². The van der Waals surface area contributed by atoms with Crippen molar-refractivity contribution in [1.82, 2.24) is 9.71 Å². The summed E-state index contributed by atoms with van der Waals surface area (Å²) in [6.45, 7) is 6.38. The Labute approximate surface area is 122 Å². The standard InChI is InChI=1S/C11H20N2O3S3/c1-11(2,3)18(14)13-7-5-6-9-8-12-10(17-9)19(4,15)16/h8,13H,5-7H2,1-4H3/t18-/m0/s1. The third-order valence-electron chi connectivity index (χ3n) is 2.24. The smallest absolute Gasteiger partial charge is 0.209 e. The van der Waals surface area contributed by atoms with Crippen molar-refractivity contribution in [2.24, 2.45) is 0 Å². The van der Waals surface area contributed by atoms with E-state index in [1.807, 2.05) is 20.8 Å². The zero-order valence-electron chi connectivity index (χ0n) is 11.6. The van der Waals surface area contributed by atoms with Gasteiger partial charge in [0.05, 0.1) is 0 Å². The van der Waals surface area contributed by atoms with Gasteiger partial charge in [-0.05, 0) is 33.6 Å². The topological polar surface area (TPSA) is 82.1 Å². The number of sulfone groups is 1. The molecule has 1 atom stereocenters. The monoisotopic (exact) mass is 324 g/mol. The lowest BCUT2D eigenvalue weighted by molar-refractivity contribution is 0.542. The van der Waals surface area contributed by atoms with E-state index in [1.165, 1.54) is 11.3 Å². The predicted octanol–water partition coefficient (Wildman–Crippen LogP) is 1.53. The van der Waals surface area contributed by atoms with E-state index in [1.54, 1.807) is 6.20 Å². The molecule has 1 heterocycles. The SMILES string of the molecule is CC(C)(C)[S@+]([O-])NCCCc1cnc(S(C)(=O)=O)s1. The van der Waals surface area contributed by atoms with Crippen LogP contribution in [0.1, 0.15) is 32.1 Å². The van der Waals surface area contributed by atoms with Gasteiger partial charge in [-0.15, -0.1) is 16.1 Å². The van der Waals surface area contributed by atoms with Crippen LogP contribution in [0.2, 0.25) is 0 Å². The molecular weight excluding hydrogens is 304 g/mol. The van der Waals surface area contributed by atoms with E-state index in [4.69, 9.17) is 0 Å². The fourth-order valence-corrected chi connectivity index (χ4v) is 3.84. The maximum Gasteiger partial charge on any atom is 0.209 e. The normalized spacial score (nSPS) is 14.6. The van der Waals surface area contributed by atoms with Crippen molar-refractivity contribution in [2.75, 3.05) is 12.8 Å². The van der Waals surface area contributed by atoms with Gasteiger partial charge in [-0.2, -0.15) is 0 Å². The van der Waals surface area contributed by atoms with Crippen molar-refractivity contribution in [3.63, 3.8) is 0 Å². The average molecular weight is 324 g/mol. The second-order valence-corrected chi connectivity index (χ2v) is 10.6. The molecule has 1 N–H and O–H groups in total. The Morgan fingerprint density at radius 1 is 1.47 bits per heavy atom. The van der Waals surface area contributed by atoms with Gasteiger partial charge in [-0.3, -0.25) is 0 Å². The maximum atomic E-state index is 11.7. The van der Waals surface area contributed by atoms with Crippen molar-refractivity contribution < 1.29 is 13.0 Å². The Balaban J connectivity index is 2.37. The molecule has 0 unspecified atom stereocenters. The van der Waals surface area contributed by atoms with Crippen molar-refractivity contribution in [3.8, 4) is 0 Å². The molecule has 0 saturated heterocycles. The number of rotatable bonds is 6. The first-order valence-corrected chi connectivity index (χ1v) is 9.76. The van der Waals surface area contributed by atoms with Crippen LogP contribution in [0.15, 0.2) is 10.5 Å². The summed E-state index contributed by atoms with van der Waals surface area (Å²) in [7, 11) is -3.20. The second-order valence-electron chi connectivity index (χ2n) is 5.24. The van der Waals surface area contributed by atoms with Crippen LogP contribution in [0.4, 0.5) is 0 Å². The van der Waals surface area contributed by atoms with Gasteiger partial charge in [0, 0.05) is 35.2 Å². The molecule has 0 radical (unpaired) electrons. The summed E-state index contributed by atoms with van der Waals surface area (Å²) in [6, 6.07) is 0. The van der Waals surface area contributed by atoms with Crippen LogP contribution in [0, 0.1) is 0 Å². The van der Waals surface area contributed by atoms with Gasteiger partial charge in [0.2, 0.25) is 14.2 Å². The molecule has 19 heavy (non-hydrogen) atoms. The van der Waals surface area contributed by atoms with E-state index < -0.39 is 21.2 Å². The molecule has 0 aliphatic heterocycles. The summed E-state index contributed by atoms with van der Waals surface area (Å²) in [5.41, 5.74) is 0. The van der Waals surface area contributed by atoms with Crippen molar-refractivity contribution in [1.29, 1.82) is 0 Å². The average Bonchev–Trinajstić information content (AvgIpc) is 2.70. The van der Waals surface area contributed by atoms with E-state index in [2.05, 4.69) is 9.71 Å². The van der Waals surface area contributed by atoms with Gasteiger partial charge in [0.25, 0.3) is 0 Å². The highest BCUT2D eigenvalue weighted by Crippen LogP contribution is 2.19. The van der Waals surface area contributed by atoms with Crippen LogP contribution < -0.4 is 4.72 Å². The summed E-state index contributed by atoms with van der Waals surface area (Å²) in [6.07, 6.45) is 4.29. The van der Waals surface area contributed by atoms with Crippen LogP contribution in [0.25, 0.3) is 0 Å². The second kappa shape index (κ2) is 6.53. The van der Waals surface area contributed by atoms with Gasteiger partial charge in [-0.25, -0.2) is 13.4 Å². The highest BCUT2D eigenvalue weighted by molar-refractivity contribution is 7.92. The minimum absolute atomic E-state index is 0.161. The summed E-state index contributed by atoms with van der Waals surface area (Å²) in [5.74, 6) is 0. The summed E-state index contributed by atoms with van der Waals surface area (Å²) >= 11 is 0.139. The Bertz CT molecular complexity index is 506. The Morgan fingerprint density at radius 3 is 2.58 bits per heavy atom. The molecule has 0 aliphatic rings. The molecule has 0 fully saturated rings. The molecule has 0 bridgehead atoms. The van der Waals surface area contributed by atoms with Gasteiger partial charge < -0.3 is 4.55 Å². The zero-order valence-corrected chi connectivity index (χ0v) is 14.0. The highest BCUT2D eigenvalue weighted by Gasteiger charge is 2.25. The minimum Gasteiger partial charge on any atom is -0.598 e. The summed E-state index contributed by atoms with van der Waals surface area (Å²) in [4.78, 5) is 4.82. The molecule has 5 nitrogen and oxygen atoms in total. The van der Waals surface area contributed by atoms with Gasteiger partial charge in [0.15, 0.2) is 0 Å². The summed E-state index contributed by atoms with van der Waals surface area (Å²) in [5, 5.41) is 0. The third kappa shape index (κ3) is 5.78. The Hall–Kier alpha value is -0.150. The molecule has 0 saturated carbocycles. The number of hydrogen-bond acceptors (Lipinski definition) is 6. The van der Waals surface area contributed by atoms with Gasteiger partial charge in [0.1, 0.15) is 4.75 Å². The largest absolute Gasteiger partial charge is 0.598 e. The molecular formula is C11H20N2O3S3. The fourth-order valence-electron chi connectivity index (χ4n) is 1.22. The lowest BCUT2D eigenvalue weighted by Gasteiger charge is -2.23. The molecule has 0 aliphatic carbocycles. The molecule has 1 aromatic heterocycles. The third-order valence-corrected chi connectivity index (χ3v) is 6.57. The Kier molecular flexibility index (Phi) is 5.81. The van der Waals surface area contributed by atoms with Crippen molar-refractivity contribution in [2.45, 2.75) is 42.7 Å². The van der Waals surface area contributed by atoms with Gasteiger partial charge in [-0.1, -0.05) is 0 Å². The number of nitrogens with one attached hydrogen (secondary N) is 1. The van der Waals surface area contributed by atoms with E-state index in [9.17, 15) is 13.0 Å². The molecule has 0 amide bonds. The quantitative estimate of drug-likeness (QED) is 0.634. The number of aryl methyl sites for hydroxylation is 1. The molecule has 1 aromatic rings. The lowest BCUT2D eigenvalue weighted by Crippen LogP contribution is -2.39.